The van der Waals surface area contributed by atoms with Crippen LogP contribution in [0.15, 0.2) is 4.99 Å². The Labute approximate surface area is 160 Å². The summed E-state index contributed by atoms with van der Waals surface area (Å²) in [6.07, 6.45) is 4.59. The fourth-order valence-corrected chi connectivity index (χ4v) is 3.89. The fourth-order valence-electron chi connectivity index (χ4n) is 3.89. The summed E-state index contributed by atoms with van der Waals surface area (Å²) in [7, 11) is 1.89. The molecule has 0 aromatic heterocycles. The SMILES string of the molecule is CCN(CC)CC1CCN(C(=NC)NCCCOCC2CCOCC2)C1. The van der Waals surface area contributed by atoms with E-state index in [0.29, 0.717) is 5.92 Å². The number of nitrogens with one attached hydrogen (secondary N) is 1. The number of ether oxygens (including phenoxy) is 2. The molecule has 2 fully saturated rings. The molecule has 0 amide bonds. The number of guanidine groups is 1. The maximum Gasteiger partial charge on any atom is 0.193 e. The van der Waals surface area contributed by atoms with Crippen LogP contribution in [0.3, 0.4) is 0 Å². The van der Waals surface area contributed by atoms with Crippen LogP contribution in [0.25, 0.3) is 0 Å². The maximum atomic E-state index is 5.85. The molecule has 0 saturated carbocycles. The van der Waals surface area contributed by atoms with Crippen LogP contribution in [0.2, 0.25) is 0 Å². The lowest BCUT2D eigenvalue weighted by molar-refractivity contribution is 0.0203. The van der Waals surface area contributed by atoms with Crippen LogP contribution in [-0.4, -0.2) is 88.5 Å². The van der Waals surface area contributed by atoms with E-state index in [4.69, 9.17) is 9.47 Å². The molecule has 1 N–H and O–H groups in total. The third-order valence-corrected chi connectivity index (χ3v) is 5.65. The topological polar surface area (TPSA) is 49.3 Å². The average Bonchev–Trinajstić information content (AvgIpc) is 3.14. The van der Waals surface area contributed by atoms with E-state index >= 15 is 0 Å². The highest BCUT2D eigenvalue weighted by Gasteiger charge is 2.25. The van der Waals surface area contributed by atoms with Gasteiger partial charge in [0.25, 0.3) is 0 Å². The predicted octanol–water partition coefficient (Wildman–Crippen LogP) is 2.06. The number of hydrogen-bond acceptors (Lipinski definition) is 4. The van der Waals surface area contributed by atoms with Gasteiger partial charge in [-0.05, 0) is 50.6 Å². The van der Waals surface area contributed by atoms with Crippen molar-refractivity contribution < 1.29 is 9.47 Å². The van der Waals surface area contributed by atoms with E-state index in [1.54, 1.807) is 0 Å². The van der Waals surface area contributed by atoms with Crippen LogP contribution in [0.1, 0.15) is 39.5 Å². The Kier molecular flexibility index (Phi) is 10.3. The lowest BCUT2D eigenvalue weighted by Crippen LogP contribution is -2.41. The van der Waals surface area contributed by atoms with Gasteiger partial charge in [-0.15, -0.1) is 0 Å². The zero-order valence-electron chi connectivity index (χ0n) is 17.2. The maximum absolute atomic E-state index is 5.85. The van der Waals surface area contributed by atoms with Crippen molar-refractivity contribution in [1.29, 1.82) is 0 Å². The number of likely N-dealkylation sites (tertiary alicyclic amines) is 1. The van der Waals surface area contributed by atoms with Crippen LogP contribution >= 0.6 is 0 Å². The van der Waals surface area contributed by atoms with E-state index in [1.807, 2.05) is 7.05 Å². The second kappa shape index (κ2) is 12.5. The molecule has 2 saturated heterocycles. The van der Waals surface area contributed by atoms with Crippen molar-refractivity contribution in [1.82, 2.24) is 15.1 Å². The summed E-state index contributed by atoms with van der Waals surface area (Å²) >= 11 is 0. The normalized spacial score (nSPS) is 22.4. The highest BCUT2D eigenvalue weighted by Crippen LogP contribution is 2.17. The van der Waals surface area contributed by atoms with Crippen molar-refractivity contribution >= 4 is 5.96 Å². The third-order valence-electron chi connectivity index (χ3n) is 5.65. The molecular formula is C20H40N4O2. The van der Waals surface area contributed by atoms with Gasteiger partial charge >= 0.3 is 0 Å². The van der Waals surface area contributed by atoms with Crippen molar-refractivity contribution in [3.63, 3.8) is 0 Å². The minimum atomic E-state index is 0.691. The van der Waals surface area contributed by atoms with Crippen molar-refractivity contribution in [2.24, 2.45) is 16.8 Å². The van der Waals surface area contributed by atoms with Gasteiger partial charge in [-0.1, -0.05) is 13.8 Å². The van der Waals surface area contributed by atoms with E-state index in [0.717, 1.165) is 90.3 Å². The first-order chi connectivity index (χ1) is 12.8. The van der Waals surface area contributed by atoms with Crippen molar-refractivity contribution in [2.75, 3.05) is 72.7 Å². The van der Waals surface area contributed by atoms with E-state index in [-0.39, 0.29) is 0 Å². The number of rotatable bonds is 10. The quantitative estimate of drug-likeness (QED) is 0.363. The second-order valence-electron chi connectivity index (χ2n) is 7.54. The first-order valence-corrected chi connectivity index (χ1v) is 10.6. The summed E-state index contributed by atoms with van der Waals surface area (Å²) in [6, 6.07) is 0. The molecule has 2 aliphatic heterocycles. The Morgan fingerprint density at radius 3 is 2.65 bits per heavy atom. The second-order valence-corrected chi connectivity index (χ2v) is 7.54. The van der Waals surface area contributed by atoms with E-state index < -0.39 is 0 Å². The lowest BCUT2D eigenvalue weighted by Gasteiger charge is -2.24. The van der Waals surface area contributed by atoms with Gasteiger partial charge in [0.05, 0.1) is 0 Å². The first kappa shape index (κ1) is 21.5. The van der Waals surface area contributed by atoms with Gasteiger partial charge < -0.3 is 24.6 Å². The smallest absolute Gasteiger partial charge is 0.193 e. The Morgan fingerprint density at radius 1 is 1.19 bits per heavy atom. The molecule has 1 atom stereocenters. The fraction of sp³-hybridized carbons (Fsp3) is 0.950. The molecule has 0 aromatic carbocycles. The molecule has 0 bridgehead atoms. The molecule has 0 aromatic rings. The Balaban J connectivity index is 1.56. The number of nitrogens with zero attached hydrogens (tertiary/aromatic N) is 3. The van der Waals surface area contributed by atoms with Gasteiger partial charge in [-0.3, -0.25) is 4.99 Å². The van der Waals surface area contributed by atoms with Gasteiger partial charge in [0.1, 0.15) is 0 Å². The standard InChI is InChI=1S/C20H40N4O2/c1-4-23(5-2)15-19-7-11-24(16-19)20(21-3)22-10-6-12-26-17-18-8-13-25-14-9-18/h18-19H,4-17H2,1-3H3,(H,21,22). The summed E-state index contributed by atoms with van der Waals surface area (Å²) < 4.78 is 11.2. The zero-order chi connectivity index (χ0) is 18.6. The highest BCUT2D eigenvalue weighted by atomic mass is 16.5. The monoisotopic (exact) mass is 368 g/mol. The third kappa shape index (κ3) is 7.41. The molecule has 1 unspecified atom stereocenters. The summed E-state index contributed by atoms with van der Waals surface area (Å²) in [6.45, 7) is 14.7. The van der Waals surface area contributed by atoms with Gasteiger partial charge in [-0.25, -0.2) is 0 Å². The van der Waals surface area contributed by atoms with Crippen LogP contribution in [0.5, 0.6) is 0 Å². The molecule has 152 valence electrons. The van der Waals surface area contributed by atoms with Gasteiger partial charge in [0.15, 0.2) is 5.96 Å². The molecule has 0 radical (unpaired) electrons. The van der Waals surface area contributed by atoms with Crippen LogP contribution in [0, 0.1) is 11.8 Å². The molecule has 26 heavy (non-hydrogen) atoms. The molecule has 2 aliphatic rings. The van der Waals surface area contributed by atoms with Crippen molar-refractivity contribution in [3.8, 4) is 0 Å². The Hall–Kier alpha value is -0.850. The largest absolute Gasteiger partial charge is 0.381 e. The van der Waals surface area contributed by atoms with Crippen LogP contribution in [-0.2, 0) is 9.47 Å². The first-order valence-electron chi connectivity index (χ1n) is 10.6. The molecule has 0 aliphatic carbocycles. The van der Waals surface area contributed by atoms with E-state index in [2.05, 4.69) is 34.0 Å². The van der Waals surface area contributed by atoms with Gasteiger partial charge in [-0.2, -0.15) is 0 Å². The van der Waals surface area contributed by atoms with Gasteiger partial charge in [0, 0.05) is 59.7 Å². The average molecular weight is 369 g/mol. The minimum absolute atomic E-state index is 0.691. The van der Waals surface area contributed by atoms with Crippen LogP contribution in [0.4, 0.5) is 0 Å². The summed E-state index contributed by atoms with van der Waals surface area (Å²) in [5.74, 6) is 2.50. The zero-order valence-corrected chi connectivity index (χ0v) is 17.2. The Bertz CT molecular complexity index is 395. The van der Waals surface area contributed by atoms with E-state index in [9.17, 15) is 0 Å². The molecule has 6 nitrogen and oxygen atoms in total. The highest BCUT2D eigenvalue weighted by molar-refractivity contribution is 5.80. The van der Waals surface area contributed by atoms with E-state index in [1.165, 1.54) is 13.0 Å². The molecule has 6 heteroatoms. The molecule has 0 spiro atoms. The predicted molar refractivity (Wildman–Crippen MR) is 108 cm³/mol. The summed E-state index contributed by atoms with van der Waals surface area (Å²) in [4.78, 5) is 9.42. The van der Waals surface area contributed by atoms with Crippen LogP contribution < -0.4 is 5.32 Å². The van der Waals surface area contributed by atoms with Crippen molar-refractivity contribution in [3.05, 3.63) is 0 Å². The molecular weight excluding hydrogens is 328 g/mol. The molecule has 2 rings (SSSR count). The number of aliphatic imine (C=N–C) groups is 1. The summed E-state index contributed by atoms with van der Waals surface area (Å²) in [5.41, 5.74) is 0. The summed E-state index contributed by atoms with van der Waals surface area (Å²) in [5, 5.41) is 3.51. The van der Waals surface area contributed by atoms with Crippen molar-refractivity contribution in [2.45, 2.75) is 39.5 Å². The number of hydrogen-bond donors (Lipinski definition) is 1. The van der Waals surface area contributed by atoms with Gasteiger partial charge in [0.2, 0.25) is 0 Å². The minimum Gasteiger partial charge on any atom is -0.381 e. The Morgan fingerprint density at radius 2 is 1.96 bits per heavy atom. The lowest BCUT2D eigenvalue weighted by atomic mass is 10.0. The molecule has 2 heterocycles.